The van der Waals surface area contributed by atoms with Crippen LogP contribution in [0.5, 0.6) is 0 Å². The monoisotopic (exact) mass is 261 g/mol. The van der Waals surface area contributed by atoms with E-state index in [2.05, 4.69) is 11.1 Å². The van der Waals surface area contributed by atoms with Crippen LogP contribution in [0.4, 0.5) is 0 Å². The molecule has 102 valence electrons. The summed E-state index contributed by atoms with van der Waals surface area (Å²) >= 11 is 0. The van der Waals surface area contributed by atoms with Gasteiger partial charge in [0.15, 0.2) is 0 Å². The molecule has 4 nitrogen and oxygen atoms in total. The Bertz CT molecular complexity index is 530. The second-order valence-corrected chi connectivity index (χ2v) is 4.81. The van der Waals surface area contributed by atoms with Crippen LogP contribution in [-0.2, 0) is 9.53 Å². The first kappa shape index (κ1) is 13.6. The zero-order valence-corrected chi connectivity index (χ0v) is 11.1. The number of carbonyl (C=O) groups is 1. The summed E-state index contributed by atoms with van der Waals surface area (Å²) < 4.78 is 4.96. The quantitative estimate of drug-likeness (QED) is 0.847. The number of carbonyl (C=O) groups excluding carboxylic acids is 1. The molecule has 1 atom stereocenters. The number of allylic oxidation sites excluding steroid dienone is 2. The summed E-state index contributed by atoms with van der Waals surface area (Å²) in [7, 11) is 0. The minimum absolute atomic E-state index is 0.0768. The lowest BCUT2D eigenvalue weighted by Gasteiger charge is -2.21. The summed E-state index contributed by atoms with van der Waals surface area (Å²) in [4.78, 5) is 25.5. The topological polar surface area (TPSA) is 59.2 Å². The summed E-state index contributed by atoms with van der Waals surface area (Å²) in [6, 6.07) is 5.19. The lowest BCUT2D eigenvalue weighted by Crippen LogP contribution is -2.14. The fourth-order valence-corrected chi connectivity index (χ4v) is 2.41. The lowest BCUT2D eigenvalue weighted by molar-refractivity contribution is -0.144. The number of rotatable bonds is 4. The molecule has 4 heteroatoms. The van der Waals surface area contributed by atoms with Crippen molar-refractivity contribution in [3.63, 3.8) is 0 Å². The van der Waals surface area contributed by atoms with Gasteiger partial charge in [-0.2, -0.15) is 0 Å². The summed E-state index contributed by atoms with van der Waals surface area (Å²) in [6.07, 6.45) is 5.33. The molecule has 1 aliphatic rings. The van der Waals surface area contributed by atoms with Crippen molar-refractivity contribution in [2.45, 2.75) is 32.6 Å². The van der Waals surface area contributed by atoms with Gasteiger partial charge in [-0.15, -0.1) is 0 Å². The van der Waals surface area contributed by atoms with Gasteiger partial charge in [0, 0.05) is 18.2 Å². The third-order valence-corrected chi connectivity index (χ3v) is 3.39. The van der Waals surface area contributed by atoms with E-state index < -0.39 is 0 Å². The van der Waals surface area contributed by atoms with Crippen LogP contribution in [-0.4, -0.2) is 17.6 Å². The molecule has 1 aliphatic carbocycles. The molecule has 1 unspecified atom stereocenters. The van der Waals surface area contributed by atoms with Crippen molar-refractivity contribution >= 4 is 11.5 Å². The maximum Gasteiger partial charge on any atom is 0.306 e. The van der Waals surface area contributed by atoms with E-state index in [0.29, 0.717) is 18.9 Å². The average molecular weight is 261 g/mol. The first-order valence-corrected chi connectivity index (χ1v) is 6.73. The molecule has 0 fully saturated rings. The predicted molar refractivity (Wildman–Crippen MR) is 73.6 cm³/mol. The molecule has 0 radical (unpaired) electrons. The molecule has 1 aromatic heterocycles. The van der Waals surface area contributed by atoms with E-state index >= 15 is 0 Å². The van der Waals surface area contributed by atoms with Crippen molar-refractivity contribution in [2.24, 2.45) is 5.92 Å². The van der Waals surface area contributed by atoms with Gasteiger partial charge in [0.1, 0.15) is 0 Å². The standard InChI is InChI=1S/C15H19NO3/c1-2-19-15(18)10-11-6-8-12(9-7-11)13-4-3-5-14(17)16-13/h3-5,8,11H,2,6-7,9-10H2,1H3,(H,16,17). The third-order valence-electron chi connectivity index (χ3n) is 3.39. The summed E-state index contributed by atoms with van der Waals surface area (Å²) in [5.74, 6) is 0.246. The Labute approximate surface area is 112 Å². The number of nitrogens with one attached hydrogen (secondary N) is 1. The van der Waals surface area contributed by atoms with Crippen LogP contribution >= 0.6 is 0 Å². The Morgan fingerprint density at radius 2 is 2.32 bits per heavy atom. The second kappa shape index (κ2) is 6.36. The van der Waals surface area contributed by atoms with Crippen LogP contribution in [0.3, 0.4) is 0 Å². The highest BCUT2D eigenvalue weighted by Gasteiger charge is 2.19. The number of hydrogen-bond donors (Lipinski definition) is 1. The van der Waals surface area contributed by atoms with Crippen LogP contribution in [0, 0.1) is 5.92 Å². The summed E-state index contributed by atoms with van der Waals surface area (Å²) in [6.45, 7) is 2.26. The minimum atomic E-state index is -0.113. The Balaban J connectivity index is 1.96. The van der Waals surface area contributed by atoms with Gasteiger partial charge in [-0.3, -0.25) is 9.59 Å². The molecule has 0 saturated carbocycles. The van der Waals surface area contributed by atoms with Crippen molar-refractivity contribution in [3.8, 4) is 0 Å². The van der Waals surface area contributed by atoms with Crippen LogP contribution in [0.1, 0.15) is 38.3 Å². The van der Waals surface area contributed by atoms with Gasteiger partial charge in [0.05, 0.1) is 6.61 Å². The van der Waals surface area contributed by atoms with Gasteiger partial charge in [-0.1, -0.05) is 12.1 Å². The first-order valence-electron chi connectivity index (χ1n) is 6.73. The van der Waals surface area contributed by atoms with Gasteiger partial charge < -0.3 is 9.72 Å². The van der Waals surface area contributed by atoms with Gasteiger partial charge in [0.25, 0.3) is 0 Å². The van der Waals surface area contributed by atoms with Crippen molar-refractivity contribution in [1.82, 2.24) is 4.98 Å². The lowest BCUT2D eigenvalue weighted by atomic mass is 9.86. The number of aromatic nitrogens is 1. The molecule has 0 bridgehead atoms. The molecule has 0 aliphatic heterocycles. The van der Waals surface area contributed by atoms with Crippen LogP contribution in [0.25, 0.3) is 5.57 Å². The normalized spacial score (nSPS) is 18.8. The van der Waals surface area contributed by atoms with Crippen molar-refractivity contribution in [3.05, 3.63) is 40.3 Å². The van der Waals surface area contributed by atoms with Crippen molar-refractivity contribution in [2.75, 3.05) is 6.61 Å². The average Bonchev–Trinajstić information content (AvgIpc) is 2.40. The molecular weight excluding hydrogens is 242 g/mol. The van der Waals surface area contributed by atoms with E-state index in [4.69, 9.17) is 4.74 Å². The first-order chi connectivity index (χ1) is 9.19. The van der Waals surface area contributed by atoms with E-state index in [1.54, 1.807) is 6.07 Å². The third kappa shape index (κ3) is 3.81. The molecule has 0 aromatic carbocycles. The van der Waals surface area contributed by atoms with Crippen LogP contribution in [0.2, 0.25) is 0 Å². The number of hydrogen-bond acceptors (Lipinski definition) is 3. The SMILES string of the molecule is CCOC(=O)CC1CC=C(c2cccc(=O)[nH]2)CC1. The van der Waals surface area contributed by atoms with Crippen LogP contribution < -0.4 is 5.56 Å². The van der Waals surface area contributed by atoms with Crippen molar-refractivity contribution < 1.29 is 9.53 Å². The Morgan fingerprint density at radius 1 is 1.47 bits per heavy atom. The van der Waals surface area contributed by atoms with Gasteiger partial charge >= 0.3 is 5.97 Å². The molecule has 1 N–H and O–H groups in total. The second-order valence-electron chi connectivity index (χ2n) is 4.81. The molecule has 0 spiro atoms. The molecular formula is C15H19NO3. The van der Waals surface area contributed by atoms with E-state index in [9.17, 15) is 9.59 Å². The number of aromatic amines is 1. The fraction of sp³-hybridized carbons (Fsp3) is 0.467. The van der Waals surface area contributed by atoms with E-state index in [1.165, 1.54) is 6.07 Å². The zero-order chi connectivity index (χ0) is 13.7. The zero-order valence-electron chi connectivity index (χ0n) is 11.1. The summed E-state index contributed by atoms with van der Waals surface area (Å²) in [5, 5.41) is 0. The molecule has 0 amide bonds. The van der Waals surface area contributed by atoms with Crippen LogP contribution in [0.15, 0.2) is 29.1 Å². The van der Waals surface area contributed by atoms with E-state index in [0.717, 1.165) is 30.5 Å². The molecule has 1 heterocycles. The van der Waals surface area contributed by atoms with Gasteiger partial charge in [0.2, 0.25) is 5.56 Å². The van der Waals surface area contributed by atoms with Crippen molar-refractivity contribution in [1.29, 1.82) is 0 Å². The fourth-order valence-electron chi connectivity index (χ4n) is 2.41. The Kier molecular flexibility index (Phi) is 4.55. The maximum atomic E-state index is 11.4. The molecule has 19 heavy (non-hydrogen) atoms. The maximum absolute atomic E-state index is 11.4. The minimum Gasteiger partial charge on any atom is -0.466 e. The molecule has 2 rings (SSSR count). The van der Waals surface area contributed by atoms with Gasteiger partial charge in [-0.05, 0) is 43.7 Å². The highest BCUT2D eigenvalue weighted by Crippen LogP contribution is 2.30. The number of esters is 1. The highest BCUT2D eigenvalue weighted by atomic mass is 16.5. The predicted octanol–water partition coefficient (Wildman–Crippen LogP) is 2.51. The number of H-pyrrole nitrogens is 1. The summed E-state index contributed by atoms with van der Waals surface area (Å²) in [5.41, 5.74) is 1.98. The van der Waals surface area contributed by atoms with Gasteiger partial charge in [-0.25, -0.2) is 0 Å². The van der Waals surface area contributed by atoms with E-state index in [-0.39, 0.29) is 11.5 Å². The smallest absolute Gasteiger partial charge is 0.306 e. The van der Waals surface area contributed by atoms with E-state index in [1.807, 2.05) is 13.0 Å². The highest BCUT2D eigenvalue weighted by molar-refractivity contribution is 5.70. The number of pyridine rings is 1. The molecule has 1 aromatic rings. The Hall–Kier alpha value is -1.84. The molecule has 0 saturated heterocycles. The Morgan fingerprint density at radius 3 is 2.95 bits per heavy atom. The largest absolute Gasteiger partial charge is 0.466 e. The number of ether oxygens (including phenoxy) is 1.